The minimum Gasteiger partial charge on any atom is -0.475 e. The predicted molar refractivity (Wildman–Crippen MR) is 80.7 cm³/mol. The van der Waals surface area contributed by atoms with Gasteiger partial charge in [0.05, 0.1) is 12.7 Å². The number of methoxy groups -OCH3 is 1. The van der Waals surface area contributed by atoms with Gasteiger partial charge in [0.1, 0.15) is 6.10 Å². The van der Waals surface area contributed by atoms with Gasteiger partial charge in [-0.1, -0.05) is 19.4 Å². The first-order valence-electron chi connectivity index (χ1n) is 7.48. The van der Waals surface area contributed by atoms with E-state index in [0.717, 1.165) is 32.2 Å². The van der Waals surface area contributed by atoms with Crippen LogP contribution in [0.1, 0.15) is 32.6 Å². The third-order valence-electron chi connectivity index (χ3n) is 3.29. The van der Waals surface area contributed by atoms with Gasteiger partial charge >= 0.3 is 24.1 Å². The molecule has 25 heavy (non-hydrogen) atoms. The van der Waals surface area contributed by atoms with Gasteiger partial charge in [0.15, 0.2) is 0 Å². The maximum atomic E-state index is 11.5. The quantitative estimate of drug-likeness (QED) is 0.576. The Balaban J connectivity index is 0.000000697. The summed E-state index contributed by atoms with van der Waals surface area (Å²) in [7, 11) is 1.29. The van der Waals surface area contributed by atoms with E-state index < -0.39 is 30.2 Å². The minimum atomic E-state index is -5.08. The Kier molecular flexibility index (Phi) is 9.80. The van der Waals surface area contributed by atoms with Crippen molar-refractivity contribution < 1.29 is 42.1 Å². The summed E-state index contributed by atoms with van der Waals surface area (Å²) in [6.45, 7) is 5.88. The molecule has 0 aliphatic carbocycles. The highest BCUT2D eigenvalue weighted by Gasteiger charge is 2.38. The van der Waals surface area contributed by atoms with Crippen LogP contribution in [0.3, 0.4) is 0 Å². The molecule has 2 atom stereocenters. The fraction of sp³-hybridized carbons (Fsp3) is 0.667. The van der Waals surface area contributed by atoms with E-state index in [1.807, 2.05) is 0 Å². The molecule has 10 heteroatoms. The van der Waals surface area contributed by atoms with Crippen LogP contribution in [0.5, 0.6) is 0 Å². The van der Waals surface area contributed by atoms with Crippen molar-refractivity contribution in [3.63, 3.8) is 0 Å². The highest BCUT2D eigenvalue weighted by Crippen LogP contribution is 2.19. The third-order valence-corrected chi connectivity index (χ3v) is 3.29. The van der Waals surface area contributed by atoms with Crippen LogP contribution in [0.15, 0.2) is 12.2 Å². The van der Waals surface area contributed by atoms with Gasteiger partial charge in [-0.15, -0.1) is 0 Å². The molecule has 1 aliphatic heterocycles. The van der Waals surface area contributed by atoms with E-state index in [4.69, 9.17) is 14.6 Å². The number of ether oxygens (including phenoxy) is 2. The largest absolute Gasteiger partial charge is 0.490 e. The van der Waals surface area contributed by atoms with E-state index in [0.29, 0.717) is 0 Å². The molecule has 1 aliphatic rings. The second-order valence-electron chi connectivity index (χ2n) is 5.26. The number of halogens is 3. The number of carboxylic acids is 1. The summed E-state index contributed by atoms with van der Waals surface area (Å²) in [6.07, 6.45) is -1.60. The summed E-state index contributed by atoms with van der Waals surface area (Å²) in [5.74, 6) is -3.71. The Morgan fingerprint density at radius 2 is 1.80 bits per heavy atom. The SMILES string of the molecule is C=C(C(=O)OC)C(OC(C)=O)C1CCCCCN1.O=C(O)C(F)(F)F. The summed E-state index contributed by atoms with van der Waals surface area (Å²) in [6, 6.07) is -0.0667. The molecule has 0 radical (unpaired) electrons. The van der Waals surface area contributed by atoms with Crippen molar-refractivity contribution in [2.75, 3.05) is 13.7 Å². The zero-order valence-corrected chi connectivity index (χ0v) is 14.0. The van der Waals surface area contributed by atoms with Gasteiger partial charge in [-0.25, -0.2) is 9.59 Å². The highest BCUT2D eigenvalue weighted by atomic mass is 19.4. The van der Waals surface area contributed by atoms with Crippen LogP contribution in [0, 0.1) is 0 Å². The third kappa shape index (κ3) is 9.08. The van der Waals surface area contributed by atoms with Crippen molar-refractivity contribution in [1.29, 1.82) is 0 Å². The van der Waals surface area contributed by atoms with Gasteiger partial charge in [-0.3, -0.25) is 4.79 Å². The number of nitrogens with one attached hydrogen (secondary N) is 1. The smallest absolute Gasteiger partial charge is 0.475 e. The van der Waals surface area contributed by atoms with E-state index in [1.165, 1.54) is 14.0 Å². The number of carboxylic acid groups (broad SMARTS) is 1. The number of carbonyl (C=O) groups is 3. The number of hydrogen-bond donors (Lipinski definition) is 2. The van der Waals surface area contributed by atoms with Crippen molar-refractivity contribution >= 4 is 17.9 Å². The maximum Gasteiger partial charge on any atom is 0.490 e. The number of alkyl halides is 3. The average Bonchev–Trinajstić information content (AvgIpc) is 2.79. The minimum absolute atomic E-state index is 0.0667. The van der Waals surface area contributed by atoms with Gasteiger partial charge in [0, 0.05) is 13.0 Å². The number of carbonyl (C=O) groups excluding carboxylic acids is 2. The first kappa shape index (κ1) is 22.9. The van der Waals surface area contributed by atoms with Crippen molar-refractivity contribution in [3.8, 4) is 0 Å². The van der Waals surface area contributed by atoms with Gasteiger partial charge < -0.3 is 19.9 Å². The second-order valence-corrected chi connectivity index (χ2v) is 5.26. The van der Waals surface area contributed by atoms with E-state index in [-0.39, 0.29) is 11.6 Å². The van der Waals surface area contributed by atoms with Crippen molar-refractivity contribution in [1.82, 2.24) is 5.32 Å². The topological polar surface area (TPSA) is 102 Å². The highest BCUT2D eigenvalue weighted by molar-refractivity contribution is 5.89. The first-order valence-corrected chi connectivity index (χ1v) is 7.48. The van der Waals surface area contributed by atoms with Crippen LogP contribution in [0.25, 0.3) is 0 Å². The molecular weight excluding hydrogens is 347 g/mol. The number of aliphatic carboxylic acids is 1. The van der Waals surface area contributed by atoms with Crippen LogP contribution in [-0.4, -0.2) is 55.0 Å². The zero-order valence-electron chi connectivity index (χ0n) is 14.0. The van der Waals surface area contributed by atoms with Crippen molar-refractivity contribution in [3.05, 3.63) is 12.2 Å². The lowest BCUT2D eigenvalue weighted by Gasteiger charge is -2.27. The molecule has 2 N–H and O–H groups in total. The molecule has 0 aromatic carbocycles. The molecule has 2 unspecified atom stereocenters. The fourth-order valence-corrected chi connectivity index (χ4v) is 2.14. The van der Waals surface area contributed by atoms with E-state index in [1.54, 1.807) is 0 Å². The summed E-state index contributed by atoms with van der Waals surface area (Å²) in [5.41, 5.74) is 0.187. The van der Waals surface area contributed by atoms with Crippen LogP contribution >= 0.6 is 0 Å². The molecule has 7 nitrogen and oxygen atoms in total. The maximum absolute atomic E-state index is 11.5. The van der Waals surface area contributed by atoms with Gasteiger partial charge in [0.25, 0.3) is 0 Å². The van der Waals surface area contributed by atoms with Crippen LogP contribution in [0.2, 0.25) is 0 Å². The first-order chi connectivity index (χ1) is 11.5. The van der Waals surface area contributed by atoms with Crippen LogP contribution < -0.4 is 5.32 Å². The standard InChI is InChI=1S/C13H21NO4.C2HF3O2/c1-9(13(16)17-3)12(18-10(2)15)11-7-5-4-6-8-14-11;3-2(4,5)1(6)7/h11-12,14H,1,4-8H2,2-3H3;(H,6,7). The molecule has 1 rings (SSSR count). The van der Waals surface area contributed by atoms with Gasteiger partial charge in [-0.2, -0.15) is 13.2 Å². The molecule has 1 heterocycles. The second kappa shape index (κ2) is 10.7. The Morgan fingerprint density at radius 1 is 1.24 bits per heavy atom. The molecule has 1 fully saturated rings. The number of rotatable bonds is 4. The summed E-state index contributed by atoms with van der Waals surface area (Å²) >= 11 is 0. The zero-order chi connectivity index (χ0) is 19.6. The monoisotopic (exact) mass is 369 g/mol. The lowest BCUT2D eigenvalue weighted by molar-refractivity contribution is -0.192. The Hall–Kier alpha value is -2.10. The van der Waals surface area contributed by atoms with Crippen molar-refractivity contribution in [2.24, 2.45) is 0 Å². The van der Waals surface area contributed by atoms with Crippen LogP contribution in [-0.2, 0) is 23.9 Å². The average molecular weight is 369 g/mol. The van der Waals surface area contributed by atoms with E-state index in [2.05, 4.69) is 16.6 Å². The van der Waals surface area contributed by atoms with Gasteiger partial charge in [0.2, 0.25) is 0 Å². The summed E-state index contributed by atoms with van der Waals surface area (Å²) in [4.78, 5) is 31.6. The molecule has 0 amide bonds. The molecule has 144 valence electrons. The Bertz CT molecular complexity index is 484. The molecule has 0 aromatic heterocycles. The number of esters is 2. The molecule has 0 aromatic rings. The fourth-order valence-electron chi connectivity index (χ4n) is 2.14. The summed E-state index contributed by atoms with van der Waals surface area (Å²) < 4.78 is 41.6. The molecule has 0 bridgehead atoms. The normalized spacial score (nSPS) is 18.7. The molecule has 1 saturated heterocycles. The lowest BCUT2D eigenvalue weighted by Crippen LogP contribution is -2.44. The molecule has 0 spiro atoms. The van der Waals surface area contributed by atoms with Gasteiger partial charge in [-0.05, 0) is 19.4 Å². The predicted octanol–water partition coefficient (Wildman–Crippen LogP) is 1.81. The van der Waals surface area contributed by atoms with E-state index >= 15 is 0 Å². The van der Waals surface area contributed by atoms with E-state index in [9.17, 15) is 22.8 Å². The lowest BCUT2D eigenvalue weighted by atomic mass is 9.99. The Morgan fingerprint density at radius 3 is 2.24 bits per heavy atom. The summed E-state index contributed by atoms with van der Waals surface area (Å²) in [5, 5.41) is 10.4. The number of hydrogen-bond acceptors (Lipinski definition) is 6. The Labute approximate surface area is 143 Å². The van der Waals surface area contributed by atoms with Crippen LogP contribution in [0.4, 0.5) is 13.2 Å². The molecule has 0 saturated carbocycles. The molecular formula is C15H22F3NO6. The van der Waals surface area contributed by atoms with Crippen molar-refractivity contribution in [2.45, 2.75) is 50.9 Å².